The summed E-state index contributed by atoms with van der Waals surface area (Å²) in [6, 6.07) is 0. The Hall–Kier alpha value is -0.570. The third-order valence-corrected chi connectivity index (χ3v) is 2.90. The van der Waals surface area contributed by atoms with Gasteiger partial charge in [-0.3, -0.25) is 4.79 Å². The molecule has 0 unspecified atom stereocenters. The van der Waals surface area contributed by atoms with E-state index in [2.05, 4.69) is 0 Å². The van der Waals surface area contributed by atoms with E-state index in [1.54, 1.807) is 0 Å². The zero-order valence-corrected chi connectivity index (χ0v) is 5.76. The number of aliphatic carboxylic acids is 1. The monoisotopic (exact) mass is 141 g/mol. The van der Waals surface area contributed by atoms with Crippen molar-refractivity contribution in [1.82, 2.24) is 0 Å². The van der Waals surface area contributed by atoms with Crippen molar-refractivity contribution in [3.05, 3.63) is 0 Å². The van der Waals surface area contributed by atoms with Crippen molar-refractivity contribution in [2.24, 2.45) is 11.1 Å². The van der Waals surface area contributed by atoms with Crippen LogP contribution in [0.2, 0.25) is 0 Å². The highest BCUT2D eigenvalue weighted by molar-refractivity contribution is 5.80. The number of carboxylic acid groups (broad SMARTS) is 1. The second-order valence-corrected chi connectivity index (χ2v) is 3.54. The van der Waals surface area contributed by atoms with Gasteiger partial charge in [0.05, 0.1) is 5.41 Å². The number of carboxylic acids is 1. The molecule has 0 spiro atoms. The van der Waals surface area contributed by atoms with Gasteiger partial charge in [-0.05, 0) is 25.7 Å². The first kappa shape index (κ1) is 6.16. The van der Waals surface area contributed by atoms with E-state index >= 15 is 0 Å². The van der Waals surface area contributed by atoms with E-state index in [1.165, 1.54) is 0 Å². The fraction of sp³-hybridized carbons (Fsp3) is 0.857. The molecular formula is C7H11NO2. The maximum Gasteiger partial charge on any atom is 0.311 e. The van der Waals surface area contributed by atoms with Crippen molar-refractivity contribution in [2.75, 3.05) is 0 Å². The summed E-state index contributed by atoms with van der Waals surface area (Å²) in [6.07, 6.45) is 3.39. The van der Waals surface area contributed by atoms with Gasteiger partial charge >= 0.3 is 5.97 Å². The van der Waals surface area contributed by atoms with Crippen LogP contribution in [0.1, 0.15) is 25.7 Å². The average molecular weight is 141 g/mol. The van der Waals surface area contributed by atoms with Gasteiger partial charge in [0.2, 0.25) is 0 Å². The van der Waals surface area contributed by atoms with Gasteiger partial charge in [-0.25, -0.2) is 0 Å². The Bertz CT molecular complexity index is 192. The molecule has 0 atom stereocenters. The maximum atomic E-state index is 10.7. The number of hydrogen-bond acceptors (Lipinski definition) is 2. The minimum atomic E-state index is -0.687. The summed E-state index contributed by atoms with van der Waals surface area (Å²) in [5.74, 6) is -0.687. The predicted molar refractivity (Wildman–Crippen MR) is 35.5 cm³/mol. The molecule has 0 aliphatic heterocycles. The Morgan fingerprint density at radius 3 is 1.90 bits per heavy atom. The highest BCUT2D eigenvalue weighted by Crippen LogP contribution is 2.62. The molecule has 2 saturated carbocycles. The first-order valence-corrected chi connectivity index (χ1v) is 3.63. The smallest absolute Gasteiger partial charge is 0.311 e. The summed E-state index contributed by atoms with van der Waals surface area (Å²) < 4.78 is 0. The Morgan fingerprint density at radius 1 is 1.30 bits per heavy atom. The lowest BCUT2D eigenvalue weighted by atomic mass is 9.95. The number of hydrogen-bond donors (Lipinski definition) is 2. The van der Waals surface area contributed by atoms with Gasteiger partial charge in [0, 0.05) is 5.54 Å². The third-order valence-electron chi connectivity index (χ3n) is 2.90. The molecule has 0 aromatic carbocycles. The Balaban J connectivity index is 2.22. The van der Waals surface area contributed by atoms with Crippen molar-refractivity contribution in [1.29, 1.82) is 0 Å². The third kappa shape index (κ3) is 0.515. The number of carbonyl (C=O) groups is 1. The molecule has 0 heterocycles. The zero-order valence-electron chi connectivity index (χ0n) is 5.76. The topological polar surface area (TPSA) is 63.3 Å². The first-order chi connectivity index (χ1) is 4.61. The lowest BCUT2D eigenvalue weighted by Crippen LogP contribution is -2.39. The molecule has 3 N–H and O–H groups in total. The van der Waals surface area contributed by atoms with Gasteiger partial charge in [0.1, 0.15) is 0 Å². The molecular weight excluding hydrogens is 130 g/mol. The van der Waals surface area contributed by atoms with Gasteiger partial charge in [0.15, 0.2) is 0 Å². The first-order valence-electron chi connectivity index (χ1n) is 3.63. The van der Waals surface area contributed by atoms with Crippen molar-refractivity contribution < 1.29 is 9.90 Å². The van der Waals surface area contributed by atoms with Crippen LogP contribution in [0.4, 0.5) is 0 Å². The molecule has 0 amide bonds. The van der Waals surface area contributed by atoms with Crippen LogP contribution >= 0.6 is 0 Å². The van der Waals surface area contributed by atoms with Crippen molar-refractivity contribution in [3.63, 3.8) is 0 Å². The van der Waals surface area contributed by atoms with Crippen LogP contribution in [0, 0.1) is 5.41 Å². The Kier molecular flexibility index (Phi) is 0.844. The van der Waals surface area contributed by atoms with Crippen LogP contribution < -0.4 is 5.73 Å². The minimum Gasteiger partial charge on any atom is -0.481 e. The van der Waals surface area contributed by atoms with E-state index in [4.69, 9.17) is 10.8 Å². The fourth-order valence-electron chi connectivity index (χ4n) is 1.66. The normalized spacial score (nSPS) is 31.3. The molecule has 0 aromatic rings. The van der Waals surface area contributed by atoms with Crippen molar-refractivity contribution in [3.8, 4) is 0 Å². The molecule has 0 aromatic heterocycles. The van der Waals surface area contributed by atoms with E-state index < -0.39 is 11.4 Å². The molecule has 2 rings (SSSR count). The molecule has 10 heavy (non-hydrogen) atoms. The summed E-state index contributed by atoms with van der Waals surface area (Å²) >= 11 is 0. The van der Waals surface area contributed by atoms with Crippen LogP contribution in [-0.2, 0) is 4.79 Å². The molecule has 0 bridgehead atoms. The average Bonchev–Trinajstić information content (AvgIpc) is 2.55. The van der Waals surface area contributed by atoms with Crippen LogP contribution in [0.3, 0.4) is 0 Å². The Morgan fingerprint density at radius 2 is 1.80 bits per heavy atom. The zero-order chi connectivity index (χ0) is 7.41. The van der Waals surface area contributed by atoms with Gasteiger partial charge in [-0.2, -0.15) is 0 Å². The van der Waals surface area contributed by atoms with E-state index in [1.807, 2.05) is 0 Å². The number of nitrogens with two attached hydrogens (primary N) is 1. The van der Waals surface area contributed by atoms with Crippen LogP contribution in [0.25, 0.3) is 0 Å². The second-order valence-electron chi connectivity index (χ2n) is 3.54. The molecule has 2 aliphatic rings. The van der Waals surface area contributed by atoms with Crippen LogP contribution in [0.5, 0.6) is 0 Å². The summed E-state index contributed by atoms with van der Waals surface area (Å²) in [5.41, 5.74) is 4.98. The largest absolute Gasteiger partial charge is 0.481 e. The Labute approximate surface area is 59.2 Å². The van der Waals surface area contributed by atoms with E-state index in [9.17, 15) is 4.79 Å². The van der Waals surface area contributed by atoms with Gasteiger partial charge in [0.25, 0.3) is 0 Å². The highest BCUT2D eigenvalue weighted by Gasteiger charge is 2.68. The molecule has 0 radical (unpaired) electrons. The SMILES string of the molecule is NC1(C2(C(=O)O)CC2)CC1. The molecule has 3 heteroatoms. The molecule has 0 saturated heterocycles. The standard InChI is InChI=1S/C7H11NO2/c8-7(3-4-7)6(1-2-6)5(9)10/h1-4,8H2,(H,9,10). The predicted octanol–water partition coefficient (Wildman–Crippen LogP) is 0.342. The van der Waals surface area contributed by atoms with Crippen molar-refractivity contribution >= 4 is 5.97 Å². The van der Waals surface area contributed by atoms with Gasteiger partial charge in [-0.15, -0.1) is 0 Å². The second kappa shape index (κ2) is 1.37. The van der Waals surface area contributed by atoms with E-state index in [0.717, 1.165) is 25.7 Å². The van der Waals surface area contributed by atoms with Gasteiger partial charge < -0.3 is 10.8 Å². The molecule has 3 nitrogen and oxygen atoms in total. The number of rotatable bonds is 2. The molecule has 2 fully saturated rings. The lowest BCUT2D eigenvalue weighted by molar-refractivity contribution is -0.144. The summed E-state index contributed by atoms with van der Waals surface area (Å²) in [5, 5.41) is 8.80. The van der Waals surface area contributed by atoms with Gasteiger partial charge in [-0.1, -0.05) is 0 Å². The summed E-state index contributed by atoms with van der Waals surface area (Å²) in [7, 11) is 0. The lowest BCUT2D eigenvalue weighted by Gasteiger charge is -2.16. The van der Waals surface area contributed by atoms with E-state index in [0.29, 0.717) is 0 Å². The molecule has 56 valence electrons. The minimum absolute atomic E-state index is 0.321. The van der Waals surface area contributed by atoms with Crippen molar-refractivity contribution in [2.45, 2.75) is 31.2 Å². The maximum absolute atomic E-state index is 10.7. The summed E-state index contributed by atoms with van der Waals surface area (Å²) in [4.78, 5) is 10.7. The highest BCUT2D eigenvalue weighted by atomic mass is 16.4. The molecule has 2 aliphatic carbocycles. The van der Waals surface area contributed by atoms with E-state index in [-0.39, 0.29) is 5.54 Å². The fourth-order valence-corrected chi connectivity index (χ4v) is 1.66. The quantitative estimate of drug-likeness (QED) is 0.583. The van der Waals surface area contributed by atoms with Crippen LogP contribution in [-0.4, -0.2) is 16.6 Å². The van der Waals surface area contributed by atoms with Crippen LogP contribution in [0.15, 0.2) is 0 Å². The summed E-state index contributed by atoms with van der Waals surface area (Å²) in [6.45, 7) is 0.